The Balaban J connectivity index is 0.000000116. The van der Waals surface area contributed by atoms with Gasteiger partial charge in [0, 0.05) is 27.9 Å². The highest BCUT2D eigenvalue weighted by Crippen LogP contribution is 2.44. The van der Waals surface area contributed by atoms with Crippen molar-refractivity contribution in [3.63, 3.8) is 0 Å². The van der Waals surface area contributed by atoms with Crippen molar-refractivity contribution in [3.05, 3.63) is 301 Å². The molecule has 1 N–H and O–H groups in total. The number of para-hydroxylation sites is 2. The summed E-state index contributed by atoms with van der Waals surface area (Å²) in [5.74, 6) is 0. The summed E-state index contributed by atoms with van der Waals surface area (Å²) in [5.41, 5.74) is 4.00. The highest BCUT2D eigenvalue weighted by molar-refractivity contribution is 7.79. The number of nitrogens with one attached hydrogen (secondary N) is 1. The third-order valence-electron chi connectivity index (χ3n) is 15.5. The van der Waals surface area contributed by atoms with E-state index < -0.39 is 7.92 Å². The van der Waals surface area contributed by atoms with Crippen LogP contribution in [0.1, 0.15) is 7.43 Å². The van der Waals surface area contributed by atoms with Gasteiger partial charge in [0.2, 0.25) is 0 Å². The van der Waals surface area contributed by atoms with E-state index in [2.05, 4.69) is 260 Å². The van der Waals surface area contributed by atoms with Crippen LogP contribution in [0.5, 0.6) is 0 Å². The molecule has 0 atom stereocenters. The summed E-state index contributed by atoms with van der Waals surface area (Å²) in [6.45, 7) is 0. The van der Waals surface area contributed by atoms with Gasteiger partial charge in [0.1, 0.15) is 0 Å². The Morgan fingerprint density at radius 3 is 1.24 bits per heavy atom. The monoisotopic (exact) mass is 1040 g/mol. The molecule has 0 spiro atoms. The molecule has 4 nitrogen and oxygen atoms in total. The van der Waals surface area contributed by atoms with Crippen molar-refractivity contribution in [2.45, 2.75) is 7.43 Å². The summed E-state index contributed by atoms with van der Waals surface area (Å²) >= 11 is 0. The standard InChI is InChI=1S/C28H17NO2.C28H17N.C18H15P.CH4/c30-29(31)27-12-6-5-8-20(27)19-14-16-25-26(17-19)23-11-4-3-10-22(23)24-15-13-18-7-1-2-9-21(18)28(24)25;1-2-8-18-17(7-1)13-14-22-19-9-3-4-10-20(19)23-15-24-21-11-5-6-12-26(21)29-27(24)16-25(23)28(18)22;1-4-10-16(11-5-1)19(17-12-6-2-7-13-17)18-14-8-3-9-15-18;/h1-17H;1-16,29H;1-15H;1H4. The van der Waals surface area contributed by atoms with Crippen molar-refractivity contribution in [1.29, 1.82) is 0 Å². The van der Waals surface area contributed by atoms with Crippen LogP contribution in [0.15, 0.2) is 291 Å². The van der Waals surface area contributed by atoms with Crippen LogP contribution in [-0.4, -0.2) is 9.91 Å². The third-order valence-corrected chi connectivity index (χ3v) is 18.0. The lowest BCUT2D eigenvalue weighted by molar-refractivity contribution is -0.384. The van der Waals surface area contributed by atoms with Gasteiger partial charge >= 0.3 is 0 Å². The van der Waals surface area contributed by atoms with Crippen LogP contribution in [0, 0.1) is 10.1 Å². The molecule has 0 amide bonds. The SMILES string of the molecule is C.O=[N+]([O-])c1ccccc1-c1ccc2c(c1)c1ccccc1c1ccc3ccccc3c12.c1ccc(P(c2ccccc2)c2ccccc2)cc1.c1ccc2c(c1)ccc1c3ccccc3c3cc4c(cc3c21)[nH]c1ccccc14. The maximum atomic E-state index is 11.6. The van der Waals surface area contributed by atoms with Crippen molar-refractivity contribution in [3.8, 4) is 11.1 Å². The van der Waals surface area contributed by atoms with E-state index in [9.17, 15) is 10.1 Å². The maximum absolute atomic E-state index is 11.6. The highest BCUT2D eigenvalue weighted by Gasteiger charge is 2.19. The number of H-pyrrole nitrogens is 1. The van der Waals surface area contributed by atoms with Gasteiger partial charge in [0.05, 0.1) is 10.5 Å². The van der Waals surface area contributed by atoms with Crippen LogP contribution in [0.25, 0.3) is 119 Å². The van der Waals surface area contributed by atoms with Crippen LogP contribution >= 0.6 is 7.92 Å². The van der Waals surface area contributed by atoms with Crippen molar-refractivity contribution >= 4 is 138 Å². The quantitative estimate of drug-likeness (QED) is 0.0808. The topological polar surface area (TPSA) is 58.9 Å². The number of nitro groups is 1. The minimum atomic E-state index is -0.446. The number of hydrogen-bond acceptors (Lipinski definition) is 2. The normalized spacial score (nSPS) is 11.4. The second-order valence-electron chi connectivity index (χ2n) is 20.0. The van der Waals surface area contributed by atoms with Gasteiger partial charge in [-0.25, -0.2) is 0 Å². The van der Waals surface area contributed by atoms with Gasteiger partial charge in [-0.2, -0.15) is 0 Å². The third kappa shape index (κ3) is 8.73. The lowest BCUT2D eigenvalue weighted by atomic mass is 9.89. The van der Waals surface area contributed by atoms with Crippen LogP contribution < -0.4 is 15.9 Å². The molecule has 1 aromatic heterocycles. The Labute approximate surface area is 464 Å². The van der Waals surface area contributed by atoms with Gasteiger partial charge in [0.25, 0.3) is 5.69 Å². The number of rotatable bonds is 5. The second kappa shape index (κ2) is 21.1. The van der Waals surface area contributed by atoms with E-state index in [1.807, 2.05) is 24.3 Å². The Bertz CT molecular complexity index is 4910. The van der Waals surface area contributed by atoms with Crippen LogP contribution in [0.2, 0.25) is 0 Å². The average Bonchev–Trinajstić information content (AvgIpc) is 4.04. The van der Waals surface area contributed by atoms with Crippen molar-refractivity contribution in [2.24, 2.45) is 0 Å². The molecule has 0 aliphatic heterocycles. The summed E-state index contributed by atoms with van der Waals surface area (Å²) in [6, 6.07) is 102. The first-order valence-electron chi connectivity index (χ1n) is 26.7. The number of aromatic nitrogens is 1. The molecule has 0 aliphatic carbocycles. The average molecular weight is 1050 g/mol. The maximum Gasteiger partial charge on any atom is 0.277 e. The molecule has 1 heterocycles. The number of nitro benzene ring substituents is 1. The fourth-order valence-corrected chi connectivity index (χ4v) is 14.3. The number of hydrogen-bond donors (Lipinski definition) is 1. The molecule has 80 heavy (non-hydrogen) atoms. The Kier molecular flexibility index (Phi) is 13.1. The minimum Gasteiger partial charge on any atom is -0.354 e. The van der Waals surface area contributed by atoms with Gasteiger partial charge in [0.15, 0.2) is 0 Å². The first-order valence-corrected chi connectivity index (χ1v) is 28.0. The predicted octanol–water partition coefficient (Wildman–Crippen LogP) is 19.9. The van der Waals surface area contributed by atoms with Gasteiger partial charge in [-0.05, 0) is 146 Å². The molecule has 380 valence electrons. The minimum absolute atomic E-state index is 0. The molecule has 0 aliphatic rings. The van der Waals surface area contributed by atoms with E-state index in [0.717, 1.165) is 21.7 Å². The molecule has 16 rings (SSSR count). The smallest absolute Gasteiger partial charge is 0.277 e. The molecule has 16 aromatic rings. The van der Waals surface area contributed by atoms with Gasteiger partial charge in [-0.3, -0.25) is 10.1 Å². The van der Waals surface area contributed by atoms with Gasteiger partial charge in [-0.1, -0.05) is 262 Å². The molecule has 0 saturated carbocycles. The van der Waals surface area contributed by atoms with Crippen molar-refractivity contribution in [1.82, 2.24) is 4.98 Å². The molecule has 0 fully saturated rings. The summed E-state index contributed by atoms with van der Waals surface area (Å²) in [4.78, 5) is 14.9. The first kappa shape index (κ1) is 49.6. The molecule has 0 bridgehead atoms. The van der Waals surface area contributed by atoms with E-state index in [-0.39, 0.29) is 18.0 Å². The molecule has 5 heteroatoms. The Morgan fingerprint density at radius 1 is 0.300 bits per heavy atom. The fourth-order valence-electron chi connectivity index (χ4n) is 12.0. The van der Waals surface area contributed by atoms with Crippen LogP contribution in [0.3, 0.4) is 0 Å². The molecular weight excluding hydrogens is 992 g/mol. The van der Waals surface area contributed by atoms with E-state index in [4.69, 9.17) is 0 Å². The van der Waals surface area contributed by atoms with Crippen LogP contribution in [-0.2, 0) is 0 Å². The Hall–Kier alpha value is -9.99. The van der Waals surface area contributed by atoms with E-state index in [1.54, 1.807) is 12.1 Å². The molecule has 0 saturated heterocycles. The summed E-state index contributed by atoms with van der Waals surface area (Å²) < 4.78 is 0. The second-order valence-corrected chi connectivity index (χ2v) is 22.2. The highest BCUT2D eigenvalue weighted by atomic mass is 31.1. The summed E-state index contributed by atoms with van der Waals surface area (Å²) in [6.07, 6.45) is 0. The van der Waals surface area contributed by atoms with Crippen LogP contribution in [0.4, 0.5) is 5.69 Å². The number of nitrogens with zero attached hydrogens (tertiary/aromatic N) is 1. The fraction of sp³-hybridized carbons (Fsp3) is 0.0133. The lowest BCUT2D eigenvalue weighted by Crippen LogP contribution is -2.20. The first-order chi connectivity index (χ1) is 39.1. The number of aromatic amines is 1. The largest absolute Gasteiger partial charge is 0.354 e. The van der Waals surface area contributed by atoms with Gasteiger partial charge in [-0.15, -0.1) is 0 Å². The zero-order valence-corrected chi connectivity index (χ0v) is 43.8. The molecular formula is C75H53N2O2P. The number of fused-ring (bicyclic) bond motifs is 19. The summed E-state index contributed by atoms with van der Waals surface area (Å²) in [5, 5.41) is 38.4. The van der Waals surface area contributed by atoms with E-state index in [0.29, 0.717) is 5.56 Å². The zero-order chi connectivity index (χ0) is 52.8. The Morgan fingerprint density at radius 2 is 0.700 bits per heavy atom. The predicted molar refractivity (Wildman–Crippen MR) is 346 cm³/mol. The van der Waals surface area contributed by atoms with Crippen molar-refractivity contribution in [2.75, 3.05) is 0 Å². The van der Waals surface area contributed by atoms with E-state index in [1.165, 1.54) is 108 Å². The van der Waals surface area contributed by atoms with E-state index >= 15 is 0 Å². The zero-order valence-electron chi connectivity index (χ0n) is 42.9. The molecule has 0 radical (unpaired) electrons. The van der Waals surface area contributed by atoms with Gasteiger partial charge < -0.3 is 4.98 Å². The number of benzene rings is 15. The lowest BCUT2D eigenvalue weighted by Gasteiger charge is -2.18. The molecule has 15 aromatic carbocycles. The summed E-state index contributed by atoms with van der Waals surface area (Å²) in [7, 11) is -0.446. The van der Waals surface area contributed by atoms with Crippen molar-refractivity contribution < 1.29 is 4.92 Å². The molecule has 0 unspecified atom stereocenters.